The number of nitrogens with two attached hydrogens (primary N) is 1. The van der Waals surface area contributed by atoms with Crippen LogP contribution in [0.15, 0.2) is 39.9 Å². The van der Waals surface area contributed by atoms with Crippen molar-refractivity contribution >= 4 is 27.6 Å². The minimum Gasteiger partial charge on any atom is -0.410 e. The first-order valence-electron chi connectivity index (χ1n) is 5.19. The second-order valence-electron chi connectivity index (χ2n) is 3.74. The Morgan fingerprint density at radius 1 is 1.37 bits per heavy atom. The molecule has 1 aliphatic rings. The van der Waals surface area contributed by atoms with Crippen molar-refractivity contribution in [3.8, 4) is 0 Å². The number of oxime groups is 1. The summed E-state index contributed by atoms with van der Waals surface area (Å²) < 4.78 is 27.7. The Kier molecular flexibility index (Phi) is 3.21. The summed E-state index contributed by atoms with van der Waals surface area (Å²) in [5.74, 6) is -1.02. The molecule has 0 fully saturated rings. The molecule has 0 saturated heterocycles. The minimum absolute atomic E-state index is 0.0855. The average Bonchev–Trinajstić information content (AvgIpc) is 2.35. The summed E-state index contributed by atoms with van der Waals surface area (Å²) in [6.07, 6.45) is 0. The van der Waals surface area contributed by atoms with Crippen LogP contribution in [0.5, 0.6) is 0 Å². The first kappa shape index (κ1) is 13.0. The molecule has 1 aliphatic heterocycles. The van der Waals surface area contributed by atoms with Gasteiger partial charge in [0.25, 0.3) is 0 Å². The second kappa shape index (κ2) is 4.69. The summed E-state index contributed by atoms with van der Waals surface area (Å²) in [7, 11) is -4.08. The average molecular weight is 281 g/mol. The maximum atomic E-state index is 11.8. The molecule has 19 heavy (non-hydrogen) atoms. The van der Waals surface area contributed by atoms with E-state index in [1.807, 2.05) is 0 Å². The van der Waals surface area contributed by atoms with Gasteiger partial charge < -0.3 is 10.9 Å². The molecule has 0 atom stereocenters. The predicted octanol–water partition coefficient (Wildman–Crippen LogP) is -0.0883. The smallest absolute Gasteiger partial charge is 0.348 e. The highest BCUT2D eigenvalue weighted by atomic mass is 32.2. The molecule has 0 saturated carbocycles. The fraction of sp³-hybridized carbons (Fsp3) is 0.100. The van der Waals surface area contributed by atoms with Crippen LogP contribution in [0.25, 0.3) is 0 Å². The maximum Gasteiger partial charge on any atom is 0.348 e. The van der Waals surface area contributed by atoms with Crippen LogP contribution in [0.2, 0.25) is 0 Å². The van der Waals surface area contributed by atoms with Gasteiger partial charge >= 0.3 is 10.2 Å². The molecule has 4 N–H and O–H groups in total. The topological polar surface area (TPSA) is 132 Å². The molecule has 0 aromatic heterocycles. The third-order valence-corrected chi connectivity index (χ3v) is 3.77. The van der Waals surface area contributed by atoms with Crippen molar-refractivity contribution in [3.63, 3.8) is 0 Å². The largest absolute Gasteiger partial charge is 0.410 e. The van der Waals surface area contributed by atoms with Gasteiger partial charge in [-0.15, -0.1) is 4.40 Å². The molecule has 100 valence electrons. The summed E-state index contributed by atoms with van der Waals surface area (Å²) in [4.78, 5) is 0. The zero-order valence-electron chi connectivity index (χ0n) is 9.68. The second-order valence-corrected chi connectivity index (χ2v) is 5.26. The van der Waals surface area contributed by atoms with Crippen molar-refractivity contribution in [3.05, 3.63) is 35.9 Å². The molecule has 2 rings (SSSR count). The fourth-order valence-corrected chi connectivity index (χ4v) is 2.64. The Hall–Kier alpha value is -2.42. The molecule has 8 nitrogen and oxygen atoms in total. The lowest BCUT2D eigenvalue weighted by atomic mass is 10.2. The Morgan fingerprint density at radius 3 is 2.58 bits per heavy atom. The summed E-state index contributed by atoms with van der Waals surface area (Å²) in [6, 6.07) is 8.69. The van der Waals surface area contributed by atoms with Gasteiger partial charge in [0, 0.05) is 0 Å². The summed E-state index contributed by atoms with van der Waals surface area (Å²) in [5.41, 5.74) is 5.62. The summed E-state index contributed by atoms with van der Waals surface area (Å²) >= 11 is 0. The third kappa shape index (κ3) is 2.40. The Bertz CT molecular complexity index is 666. The van der Waals surface area contributed by atoms with Crippen molar-refractivity contribution < 1.29 is 13.6 Å². The van der Waals surface area contributed by atoms with Gasteiger partial charge in [-0.1, -0.05) is 35.5 Å². The van der Waals surface area contributed by atoms with Gasteiger partial charge in [-0.2, -0.15) is 8.42 Å². The Balaban J connectivity index is 2.42. The molecular formula is C10H11N5O3S. The molecule has 0 amide bonds. The third-order valence-electron chi connectivity index (χ3n) is 2.48. The van der Waals surface area contributed by atoms with Gasteiger partial charge in [0.05, 0.1) is 6.54 Å². The van der Waals surface area contributed by atoms with Crippen LogP contribution >= 0.6 is 0 Å². The quantitative estimate of drug-likeness (QED) is 0.516. The number of hydrogen-bond acceptors (Lipinski definition) is 6. The van der Waals surface area contributed by atoms with E-state index in [0.717, 1.165) is 0 Å². The van der Waals surface area contributed by atoms with Crippen LogP contribution in [0.3, 0.4) is 0 Å². The van der Waals surface area contributed by atoms with Gasteiger partial charge in [-0.3, -0.25) is 5.41 Å². The highest BCUT2D eigenvalue weighted by Gasteiger charge is 2.35. The van der Waals surface area contributed by atoms with Crippen molar-refractivity contribution in [1.29, 1.82) is 5.41 Å². The fourth-order valence-electron chi connectivity index (χ4n) is 1.58. The van der Waals surface area contributed by atoms with E-state index in [1.54, 1.807) is 30.3 Å². The monoisotopic (exact) mass is 281 g/mol. The lowest BCUT2D eigenvalue weighted by Crippen LogP contribution is -2.49. The van der Waals surface area contributed by atoms with Crippen molar-refractivity contribution in [2.45, 2.75) is 6.54 Å². The van der Waals surface area contributed by atoms with Crippen molar-refractivity contribution in [2.24, 2.45) is 15.3 Å². The van der Waals surface area contributed by atoms with Crippen LogP contribution in [-0.4, -0.2) is 35.3 Å². The highest BCUT2D eigenvalue weighted by molar-refractivity contribution is 7.89. The molecular weight excluding hydrogens is 270 g/mol. The van der Waals surface area contributed by atoms with Crippen molar-refractivity contribution in [2.75, 3.05) is 0 Å². The first-order valence-corrected chi connectivity index (χ1v) is 6.59. The van der Waals surface area contributed by atoms with E-state index in [1.165, 1.54) is 0 Å². The lowest BCUT2D eigenvalue weighted by molar-refractivity contribution is 0.320. The van der Waals surface area contributed by atoms with E-state index in [4.69, 9.17) is 16.4 Å². The standard InChI is InChI=1S/C10H11N5O3S/c11-9-8(13-16)10(12)15(19(17,18)14-9)6-7-4-2-1-3-5-7/h1-5,12,16H,6H2,(H2,11,14)/b12-10?,13-8+. The molecule has 1 aromatic rings. The molecule has 9 heteroatoms. The van der Waals surface area contributed by atoms with E-state index in [2.05, 4.69) is 9.55 Å². The first-order chi connectivity index (χ1) is 8.95. The number of benzene rings is 1. The molecule has 0 aliphatic carbocycles. The van der Waals surface area contributed by atoms with Gasteiger partial charge in [0.1, 0.15) is 0 Å². The lowest BCUT2D eigenvalue weighted by Gasteiger charge is -2.25. The number of amidine groups is 2. The van der Waals surface area contributed by atoms with Crippen LogP contribution in [0.1, 0.15) is 5.56 Å². The van der Waals surface area contributed by atoms with E-state index in [9.17, 15) is 8.42 Å². The van der Waals surface area contributed by atoms with E-state index >= 15 is 0 Å². The highest BCUT2D eigenvalue weighted by Crippen LogP contribution is 2.15. The van der Waals surface area contributed by atoms with Crippen LogP contribution in [0.4, 0.5) is 0 Å². The maximum absolute atomic E-state index is 11.8. The number of nitrogens with zero attached hydrogens (tertiary/aromatic N) is 3. The zero-order valence-corrected chi connectivity index (χ0v) is 10.5. The van der Waals surface area contributed by atoms with Gasteiger partial charge in [-0.25, -0.2) is 4.31 Å². The summed E-state index contributed by atoms with van der Waals surface area (Å²) in [5, 5.41) is 19.3. The molecule has 0 spiro atoms. The minimum atomic E-state index is -4.08. The van der Waals surface area contributed by atoms with Crippen LogP contribution < -0.4 is 5.73 Å². The van der Waals surface area contributed by atoms with E-state index in [0.29, 0.717) is 9.87 Å². The van der Waals surface area contributed by atoms with Crippen LogP contribution in [-0.2, 0) is 16.8 Å². The molecule has 1 aromatic carbocycles. The van der Waals surface area contributed by atoms with Crippen LogP contribution in [0, 0.1) is 5.41 Å². The molecule has 0 radical (unpaired) electrons. The number of nitrogens with one attached hydrogen (secondary N) is 1. The van der Waals surface area contributed by atoms with Crippen molar-refractivity contribution in [1.82, 2.24) is 4.31 Å². The summed E-state index contributed by atoms with van der Waals surface area (Å²) in [6.45, 7) is -0.0855. The van der Waals surface area contributed by atoms with E-state index in [-0.39, 0.29) is 12.3 Å². The zero-order chi connectivity index (χ0) is 14.0. The SMILES string of the molecule is N=C1/C(=N/O)C(N)=NS(=O)(=O)N1Cc1ccccc1. The van der Waals surface area contributed by atoms with Gasteiger partial charge in [0.15, 0.2) is 17.4 Å². The Morgan fingerprint density at radius 2 is 2.00 bits per heavy atom. The number of rotatable bonds is 2. The molecule has 0 unspecified atom stereocenters. The van der Waals surface area contributed by atoms with Gasteiger partial charge in [-0.05, 0) is 5.56 Å². The predicted molar refractivity (Wildman–Crippen MR) is 69.5 cm³/mol. The number of hydrogen-bond donors (Lipinski definition) is 3. The normalized spacial score (nSPS) is 20.4. The molecule has 1 heterocycles. The Labute approximate surface area is 109 Å². The molecule has 0 bridgehead atoms. The van der Waals surface area contributed by atoms with Gasteiger partial charge in [0.2, 0.25) is 0 Å². The van der Waals surface area contributed by atoms with E-state index < -0.39 is 21.9 Å².